The van der Waals surface area contributed by atoms with Crippen LogP contribution in [0.1, 0.15) is 31.9 Å². The van der Waals surface area contributed by atoms with Gasteiger partial charge in [0.2, 0.25) is 0 Å². The fraction of sp³-hybridized carbons (Fsp3) is 0.571. The van der Waals surface area contributed by atoms with Gasteiger partial charge < -0.3 is 14.8 Å². The van der Waals surface area contributed by atoms with Gasteiger partial charge in [-0.25, -0.2) is 0 Å². The van der Waals surface area contributed by atoms with E-state index in [0.717, 1.165) is 29.8 Å². The third-order valence-electron chi connectivity index (χ3n) is 2.70. The zero-order valence-corrected chi connectivity index (χ0v) is 12.9. The van der Waals surface area contributed by atoms with Crippen molar-refractivity contribution in [3.63, 3.8) is 0 Å². The standard InChI is InChI=1S/C14H22BrNO2/c1-4-16-11(2)13-10-12(15)6-7-14(13)18-9-5-8-17-3/h6-7,10-11,16H,4-5,8-9H2,1-3H3. The van der Waals surface area contributed by atoms with Crippen LogP contribution in [0.3, 0.4) is 0 Å². The smallest absolute Gasteiger partial charge is 0.124 e. The molecule has 3 nitrogen and oxygen atoms in total. The lowest BCUT2D eigenvalue weighted by molar-refractivity contribution is 0.171. The summed E-state index contributed by atoms with van der Waals surface area (Å²) >= 11 is 3.51. The molecule has 0 radical (unpaired) electrons. The van der Waals surface area contributed by atoms with Crippen LogP contribution in [0.2, 0.25) is 0 Å². The number of methoxy groups -OCH3 is 1. The molecule has 0 aromatic heterocycles. The van der Waals surface area contributed by atoms with Gasteiger partial charge in [0.15, 0.2) is 0 Å². The number of ether oxygens (including phenoxy) is 2. The molecule has 4 heteroatoms. The van der Waals surface area contributed by atoms with E-state index in [4.69, 9.17) is 9.47 Å². The SMILES string of the molecule is CCNC(C)c1cc(Br)ccc1OCCCOC. The Morgan fingerprint density at radius 2 is 2.11 bits per heavy atom. The lowest BCUT2D eigenvalue weighted by atomic mass is 10.1. The molecule has 0 aliphatic rings. The number of halogens is 1. The summed E-state index contributed by atoms with van der Waals surface area (Å²) in [6.07, 6.45) is 0.904. The Labute approximate surface area is 118 Å². The van der Waals surface area contributed by atoms with Gasteiger partial charge in [0.25, 0.3) is 0 Å². The third kappa shape index (κ3) is 4.96. The third-order valence-corrected chi connectivity index (χ3v) is 3.19. The molecule has 0 heterocycles. The first-order valence-corrected chi connectivity index (χ1v) is 7.13. The summed E-state index contributed by atoms with van der Waals surface area (Å²) in [5, 5.41) is 3.41. The van der Waals surface area contributed by atoms with Crippen LogP contribution in [-0.4, -0.2) is 26.9 Å². The van der Waals surface area contributed by atoms with Crippen molar-refractivity contribution in [1.29, 1.82) is 0 Å². The second-order valence-corrected chi connectivity index (χ2v) is 5.07. The van der Waals surface area contributed by atoms with E-state index in [9.17, 15) is 0 Å². The highest BCUT2D eigenvalue weighted by Crippen LogP contribution is 2.28. The van der Waals surface area contributed by atoms with Gasteiger partial charge in [-0.3, -0.25) is 0 Å². The molecule has 0 bridgehead atoms. The lowest BCUT2D eigenvalue weighted by Crippen LogP contribution is -2.18. The summed E-state index contributed by atoms with van der Waals surface area (Å²) in [7, 11) is 1.71. The van der Waals surface area contributed by atoms with E-state index in [2.05, 4.69) is 41.2 Å². The van der Waals surface area contributed by atoms with Crippen LogP contribution >= 0.6 is 15.9 Å². The van der Waals surface area contributed by atoms with Gasteiger partial charge in [-0.2, -0.15) is 0 Å². The highest BCUT2D eigenvalue weighted by molar-refractivity contribution is 9.10. The highest BCUT2D eigenvalue weighted by Gasteiger charge is 2.11. The summed E-state index contributed by atoms with van der Waals surface area (Å²) in [6.45, 7) is 6.60. The largest absolute Gasteiger partial charge is 0.493 e. The number of nitrogens with one attached hydrogen (secondary N) is 1. The van der Waals surface area contributed by atoms with Gasteiger partial charge >= 0.3 is 0 Å². The van der Waals surface area contributed by atoms with Crippen molar-refractivity contribution in [2.24, 2.45) is 0 Å². The fourth-order valence-corrected chi connectivity index (χ4v) is 2.17. The van der Waals surface area contributed by atoms with Gasteiger partial charge in [0, 0.05) is 36.2 Å². The normalized spacial score (nSPS) is 12.4. The molecular weight excluding hydrogens is 294 g/mol. The minimum Gasteiger partial charge on any atom is -0.493 e. The predicted octanol–water partition coefficient (Wildman–Crippen LogP) is 3.53. The molecule has 0 saturated carbocycles. The van der Waals surface area contributed by atoms with Crippen LogP contribution in [-0.2, 0) is 4.74 Å². The zero-order valence-electron chi connectivity index (χ0n) is 11.3. The quantitative estimate of drug-likeness (QED) is 0.744. The average Bonchev–Trinajstić information content (AvgIpc) is 2.36. The van der Waals surface area contributed by atoms with Crippen LogP contribution in [0.25, 0.3) is 0 Å². The summed E-state index contributed by atoms with van der Waals surface area (Å²) in [4.78, 5) is 0. The Bertz CT molecular complexity index is 358. The molecule has 0 saturated heterocycles. The fourth-order valence-electron chi connectivity index (χ4n) is 1.79. The molecule has 0 amide bonds. The van der Waals surface area contributed by atoms with Crippen LogP contribution < -0.4 is 10.1 Å². The van der Waals surface area contributed by atoms with Crippen LogP contribution in [0.5, 0.6) is 5.75 Å². The molecule has 18 heavy (non-hydrogen) atoms. The molecular formula is C14H22BrNO2. The molecule has 102 valence electrons. The van der Waals surface area contributed by atoms with Crippen LogP contribution in [0.15, 0.2) is 22.7 Å². The summed E-state index contributed by atoms with van der Waals surface area (Å²) in [5.74, 6) is 0.947. The molecule has 1 aromatic rings. The van der Waals surface area contributed by atoms with Crippen LogP contribution in [0.4, 0.5) is 0 Å². The van der Waals surface area contributed by atoms with Crippen LogP contribution in [0, 0.1) is 0 Å². The summed E-state index contributed by atoms with van der Waals surface area (Å²) < 4.78 is 11.9. The van der Waals surface area contributed by atoms with E-state index >= 15 is 0 Å². The molecule has 1 aromatic carbocycles. The van der Waals surface area contributed by atoms with Crippen molar-refractivity contribution in [2.45, 2.75) is 26.3 Å². The van der Waals surface area contributed by atoms with E-state index in [0.29, 0.717) is 6.61 Å². The second-order valence-electron chi connectivity index (χ2n) is 4.16. The van der Waals surface area contributed by atoms with E-state index < -0.39 is 0 Å². The number of hydrogen-bond donors (Lipinski definition) is 1. The van der Waals surface area contributed by atoms with Crippen molar-refractivity contribution in [3.8, 4) is 5.75 Å². The highest BCUT2D eigenvalue weighted by atomic mass is 79.9. The van der Waals surface area contributed by atoms with Gasteiger partial charge in [-0.1, -0.05) is 22.9 Å². The predicted molar refractivity (Wildman–Crippen MR) is 78.2 cm³/mol. The Kier molecular flexibility index (Phi) is 7.32. The van der Waals surface area contributed by atoms with E-state index in [-0.39, 0.29) is 6.04 Å². The van der Waals surface area contributed by atoms with Crippen molar-refractivity contribution >= 4 is 15.9 Å². The minimum absolute atomic E-state index is 0.282. The maximum Gasteiger partial charge on any atom is 0.124 e. The van der Waals surface area contributed by atoms with Crippen molar-refractivity contribution in [3.05, 3.63) is 28.2 Å². The number of rotatable bonds is 8. The first kappa shape index (κ1) is 15.5. The maximum atomic E-state index is 5.82. The molecule has 1 atom stereocenters. The Balaban J connectivity index is 2.70. The first-order chi connectivity index (χ1) is 8.69. The van der Waals surface area contributed by atoms with Gasteiger partial charge in [0.05, 0.1) is 6.61 Å². The molecule has 0 aliphatic carbocycles. The van der Waals surface area contributed by atoms with Gasteiger partial charge in [-0.05, 0) is 31.7 Å². The van der Waals surface area contributed by atoms with Crippen molar-refractivity contribution in [2.75, 3.05) is 26.9 Å². The van der Waals surface area contributed by atoms with E-state index in [1.54, 1.807) is 7.11 Å². The zero-order chi connectivity index (χ0) is 13.4. The number of benzene rings is 1. The average molecular weight is 316 g/mol. The Morgan fingerprint density at radius 1 is 1.33 bits per heavy atom. The molecule has 0 aliphatic heterocycles. The monoisotopic (exact) mass is 315 g/mol. The molecule has 1 unspecified atom stereocenters. The van der Waals surface area contributed by atoms with Gasteiger partial charge in [-0.15, -0.1) is 0 Å². The van der Waals surface area contributed by atoms with Gasteiger partial charge in [0.1, 0.15) is 5.75 Å². The molecule has 1 N–H and O–H groups in total. The number of hydrogen-bond acceptors (Lipinski definition) is 3. The maximum absolute atomic E-state index is 5.82. The van der Waals surface area contributed by atoms with Crippen molar-refractivity contribution in [1.82, 2.24) is 5.32 Å². The molecule has 1 rings (SSSR count). The van der Waals surface area contributed by atoms with E-state index in [1.807, 2.05) is 12.1 Å². The van der Waals surface area contributed by atoms with E-state index in [1.165, 1.54) is 5.56 Å². The first-order valence-electron chi connectivity index (χ1n) is 6.33. The molecule has 0 fully saturated rings. The Morgan fingerprint density at radius 3 is 2.78 bits per heavy atom. The second kappa shape index (κ2) is 8.51. The Hall–Kier alpha value is -0.580. The van der Waals surface area contributed by atoms with Crippen molar-refractivity contribution < 1.29 is 9.47 Å². The lowest BCUT2D eigenvalue weighted by Gasteiger charge is -2.18. The molecule has 0 spiro atoms. The summed E-state index contributed by atoms with van der Waals surface area (Å²) in [5.41, 5.74) is 1.18. The summed E-state index contributed by atoms with van der Waals surface area (Å²) in [6, 6.07) is 6.41. The minimum atomic E-state index is 0.282. The topological polar surface area (TPSA) is 30.5 Å².